The van der Waals surface area contributed by atoms with E-state index in [2.05, 4.69) is 17.0 Å². The van der Waals surface area contributed by atoms with E-state index in [4.69, 9.17) is 0 Å². The molecule has 0 spiro atoms. The van der Waals surface area contributed by atoms with Gasteiger partial charge in [-0.2, -0.15) is 0 Å². The average Bonchev–Trinajstić information content (AvgIpc) is 2.56. The van der Waals surface area contributed by atoms with E-state index < -0.39 is 15.6 Å². The van der Waals surface area contributed by atoms with Gasteiger partial charge in [0.05, 0.1) is 10.5 Å². The van der Waals surface area contributed by atoms with Gasteiger partial charge in [-0.25, -0.2) is 13.1 Å². The van der Waals surface area contributed by atoms with Crippen LogP contribution in [0.2, 0.25) is 0 Å². The zero-order valence-electron chi connectivity index (χ0n) is 14.2. The molecule has 3 N–H and O–H groups in total. The zero-order valence-corrected chi connectivity index (χ0v) is 15.0. The van der Waals surface area contributed by atoms with E-state index in [9.17, 15) is 13.5 Å². The lowest BCUT2D eigenvalue weighted by Gasteiger charge is -2.36. The lowest BCUT2D eigenvalue weighted by Crippen LogP contribution is -2.44. The highest BCUT2D eigenvalue weighted by Crippen LogP contribution is 2.31. The molecule has 23 heavy (non-hydrogen) atoms. The summed E-state index contributed by atoms with van der Waals surface area (Å²) in [4.78, 5) is 0.261. The Kier molecular flexibility index (Phi) is 5.84. The van der Waals surface area contributed by atoms with Crippen LogP contribution >= 0.6 is 0 Å². The molecule has 0 amide bonds. The van der Waals surface area contributed by atoms with Gasteiger partial charge in [0.1, 0.15) is 0 Å². The molecule has 1 atom stereocenters. The molecule has 1 aromatic rings. The van der Waals surface area contributed by atoms with Crippen LogP contribution in [-0.4, -0.2) is 32.7 Å². The zero-order chi connectivity index (χ0) is 17.1. The number of nitrogens with one attached hydrogen (secondary N) is 2. The maximum absolute atomic E-state index is 11.9. The second-order valence-electron chi connectivity index (χ2n) is 6.79. The summed E-state index contributed by atoms with van der Waals surface area (Å²) in [5.74, 6) is 0.691. The van der Waals surface area contributed by atoms with Crippen molar-refractivity contribution in [3.63, 3.8) is 0 Å². The highest BCUT2D eigenvalue weighted by atomic mass is 32.2. The Balaban J connectivity index is 2.01. The normalized spacial score (nSPS) is 26.9. The summed E-state index contributed by atoms with van der Waals surface area (Å²) >= 11 is 0. The Labute approximate surface area is 139 Å². The molecular weight excluding hydrogens is 312 g/mol. The molecule has 1 fully saturated rings. The van der Waals surface area contributed by atoms with Gasteiger partial charge < -0.3 is 10.4 Å². The van der Waals surface area contributed by atoms with Crippen molar-refractivity contribution < 1.29 is 13.5 Å². The number of aliphatic hydroxyl groups is 1. The fourth-order valence-corrected chi connectivity index (χ4v) is 3.79. The van der Waals surface area contributed by atoms with Crippen molar-refractivity contribution in [3.05, 3.63) is 29.8 Å². The predicted octanol–water partition coefficient (Wildman–Crippen LogP) is 2.19. The Morgan fingerprint density at radius 1 is 1.35 bits per heavy atom. The Hall–Kier alpha value is -0.950. The van der Waals surface area contributed by atoms with E-state index >= 15 is 0 Å². The van der Waals surface area contributed by atoms with E-state index in [1.807, 2.05) is 13.0 Å². The lowest BCUT2D eigenvalue weighted by molar-refractivity contribution is -0.00784. The van der Waals surface area contributed by atoms with Crippen LogP contribution in [-0.2, 0) is 10.0 Å². The third kappa shape index (κ3) is 4.76. The monoisotopic (exact) mass is 340 g/mol. The summed E-state index contributed by atoms with van der Waals surface area (Å²) in [5, 5.41) is 14.0. The van der Waals surface area contributed by atoms with E-state index in [1.165, 1.54) is 7.05 Å². The minimum Gasteiger partial charge on any atom is -0.389 e. The molecule has 0 heterocycles. The Morgan fingerprint density at radius 2 is 2.00 bits per heavy atom. The number of hydrogen-bond donors (Lipinski definition) is 3. The molecule has 2 rings (SSSR count). The first kappa shape index (κ1) is 18.4. The van der Waals surface area contributed by atoms with Crippen LogP contribution in [0.4, 0.5) is 0 Å². The average molecular weight is 340 g/mol. The Morgan fingerprint density at radius 3 is 2.61 bits per heavy atom. The van der Waals surface area contributed by atoms with Gasteiger partial charge in [-0.1, -0.05) is 19.1 Å². The molecule has 0 radical (unpaired) electrons. The summed E-state index contributed by atoms with van der Waals surface area (Å²) < 4.78 is 26.1. The minimum atomic E-state index is -3.44. The third-order valence-corrected chi connectivity index (χ3v) is 6.29. The topological polar surface area (TPSA) is 78.4 Å². The first-order valence-electron chi connectivity index (χ1n) is 8.25. The first-order chi connectivity index (χ1) is 10.8. The van der Waals surface area contributed by atoms with Crippen LogP contribution in [0.5, 0.6) is 0 Å². The number of sulfonamides is 1. The minimum absolute atomic E-state index is 0.0228. The van der Waals surface area contributed by atoms with Crippen molar-refractivity contribution in [1.82, 2.24) is 10.0 Å². The van der Waals surface area contributed by atoms with Gasteiger partial charge in [0.2, 0.25) is 10.0 Å². The van der Waals surface area contributed by atoms with Crippen molar-refractivity contribution in [2.24, 2.45) is 5.92 Å². The van der Waals surface area contributed by atoms with E-state index in [-0.39, 0.29) is 10.9 Å². The first-order valence-corrected chi connectivity index (χ1v) is 9.73. The van der Waals surface area contributed by atoms with Crippen LogP contribution in [0.3, 0.4) is 0 Å². The van der Waals surface area contributed by atoms with Crippen molar-refractivity contribution in [2.75, 3.05) is 13.6 Å². The largest absolute Gasteiger partial charge is 0.389 e. The maximum atomic E-state index is 11.9. The molecule has 0 saturated heterocycles. The molecular formula is C17H28N2O3S. The molecule has 1 aromatic carbocycles. The van der Waals surface area contributed by atoms with Gasteiger partial charge in [0.25, 0.3) is 0 Å². The molecule has 6 heteroatoms. The number of benzene rings is 1. The third-order valence-electron chi connectivity index (χ3n) is 4.88. The highest BCUT2D eigenvalue weighted by Gasteiger charge is 2.31. The quantitative estimate of drug-likeness (QED) is 0.742. The van der Waals surface area contributed by atoms with Crippen molar-refractivity contribution in [2.45, 2.75) is 56.1 Å². The van der Waals surface area contributed by atoms with Crippen molar-refractivity contribution in [1.29, 1.82) is 0 Å². The van der Waals surface area contributed by atoms with Crippen LogP contribution in [0, 0.1) is 5.92 Å². The van der Waals surface area contributed by atoms with E-state index in [1.54, 1.807) is 18.2 Å². The summed E-state index contributed by atoms with van der Waals surface area (Å²) in [5.41, 5.74) is 0.254. The summed E-state index contributed by atoms with van der Waals surface area (Å²) in [6.45, 7) is 4.74. The Bertz CT molecular complexity index is 622. The smallest absolute Gasteiger partial charge is 0.240 e. The molecule has 0 aliphatic heterocycles. The molecule has 1 aliphatic carbocycles. The standard InChI is InChI=1S/C17H28N2O3S/c1-13-7-9-17(20,10-8-13)12-19-14(2)15-5-4-6-16(11-15)23(21,22)18-3/h4-6,11,13-14,18-20H,7-10,12H2,1-3H3. The van der Waals surface area contributed by atoms with Crippen molar-refractivity contribution >= 4 is 10.0 Å². The van der Waals surface area contributed by atoms with Gasteiger partial charge in [-0.3, -0.25) is 0 Å². The number of rotatable bonds is 6. The molecule has 130 valence electrons. The second-order valence-corrected chi connectivity index (χ2v) is 8.68. The molecule has 0 bridgehead atoms. The van der Waals surface area contributed by atoms with Gasteiger partial charge in [0, 0.05) is 12.6 Å². The van der Waals surface area contributed by atoms with E-state index in [0.717, 1.165) is 31.2 Å². The molecule has 1 unspecified atom stereocenters. The van der Waals surface area contributed by atoms with Gasteiger partial charge >= 0.3 is 0 Å². The van der Waals surface area contributed by atoms with Crippen LogP contribution in [0.1, 0.15) is 51.1 Å². The van der Waals surface area contributed by atoms with Gasteiger partial charge in [0.15, 0.2) is 0 Å². The van der Waals surface area contributed by atoms with Crippen LogP contribution < -0.4 is 10.0 Å². The highest BCUT2D eigenvalue weighted by molar-refractivity contribution is 7.89. The summed E-state index contributed by atoms with van der Waals surface area (Å²) in [6, 6.07) is 6.88. The maximum Gasteiger partial charge on any atom is 0.240 e. The molecule has 0 aromatic heterocycles. The van der Waals surface area contributed by atoms with Gasteiger partial charge in [-0.15, -0.1) is 0 Å². The van der Waals surface area contributed by atoms with Crippen LogP contribution in [0.25, 0.3) is 0 Å². The summed E-state index contributed by atoms with van der Waals surface area (Å²) in [7, 11) is -2.03. The number of hydrogen-bond acceptors (Lipinski definition) is 4. The fourth-order valence-electron chi connectivity index (χ4n) is 3.01. The van der Waals surface area contributed by atoms with Gasteiger partial charge in [-0.05, 0) is 63.3 Å². The van der Waals surface area contributed by atoms with Crippen molar-refractivity contribution in [3.8, 4) is 0 Å². The SMILES string of the molecule is CNS(=O)(=O)c1cccc(C(C)NCC2(O)CCC(C)CC2)c1. The fraction of sp³-hybridized carbons (Fsp3) is 0.647. The summed E-state index contributed by atoms with van der Waals surface area (Å²) in [6.07, 6.45) is 3.76. The molecule has 1 saturated carbocycles. The van der Waals surface area contributed by atoms with Crippen LogP contribution in [0.15, 0.2) is 29.2 Å². The molecule has 1 aliphatic rings. The second kappa shape index (κ2) is 7.30. The lowest BCUT2D eigenvalue weighted by atomic mass is 9.79. The van der Waals surface area contributed by atoms with E-state index in [0.29, 0.717) is 12.5 Å². The molecule has 5 nitrogen and oxygen atoms in total. The predicted molar refractivity (Wildman–Crippen MR) is 91.7 cm³/mol.